The molecule has 3 aromatic rings. The Morgan fingerprint density at radius 2 is 1.71 bits per heavy atom. The van der Waals surface area contributed by atoms with Gasteiger partial charge in [0.05, 0.1) is 19.2 Å². The molecule has 1 saturated heterocycles. The molecule has 0 saturated carbocycles. The summed E-state index contributed by atoms with van der Waals surface area (Å²) >= 11 is 6.26. The number of hydrogen-bond donors (Lipinski definition) is 0. The van der Waals surface area contributed by atoms with Crippen LogP contribution in [0.15, 0.2) is 42.5 Å². The average molecular weight is 441 g/mol. The number of nitrogens with zero attached hydrogens (tertiary/aromatic N) is 6. The Bertz CT molecular complexity index is 1010. The predicted molar refractivity (Wildman–Crippen MR) is 123 cm³/mol. The van der Waals surface area contributed by atoms with Crippen LogP contribution in [0.5, 0.6) is 5.75 Å². The standard InChI is InChI=1S/C23H29ClN6O/c1-16(2)30-23(25-26-27-30)22(18-6-9-20(31-4)10-7-18)29-13-11-28(12-14-29)21-15-19(24)8-5-17(21)3/h5-10,15-16,22H,11-14H2,1-4H3. The lowest BCUT2D eigenvalue weighted by Crippen LogP contribution is -2.48. The number of piperazine rings is 1. The molecule has 1 aliphatic heterocycles. The van der Waals surface area contributed by atoms with E-state index in [-0.39, 0.29) is 12.1 Å². The molecular weight excluding hydrogens is 412 g/mol. The van der Waals surface area contributed by atoms with Gasteiger partial charge in [-0.1, -0.05) is 29.8 Å². The van der Waals surface area contributed by atoms with Crippen LogP contribution >= 0.6 is 11.6 Å². The van der Waals surface area contributed by atoms with E-state index < -0.39 is 0 Å². The molecule has 31 heavy (non-hydrogen) atoms. The van der Waals surface area contributed by atoms with Crippen LogP contribution in [0.3, 0.4) is 0 Å². The van der Waals surface area contributed by atoms with E-state index in [1.807, 2.05) is 22.9 Å². The van der Waals surface area contributed by atoms with Gasteiger partial charge in [0.1, 0.15) is 5.75 Å². The van der Waals surface area contributed by atoms with Crippen LogP contribution < -0.4 is 9.64 Å². The molecule has 0 spiro atoms. The van der Waals surface area contributed by atoms with Crippen LogP contribution in [-0.4, -0.2) is 58.4 Å². The Hall–Kier alpha value is -2.64. The minimum Gasteiger partial charge on any atom is -0.497 e. The van der Waals surface area contributed by atoms with E-state index in [2.05, 4.69) is 70.4 Å². The molecule has 1 aliphatic rings. The molecule has 0 aliphatic carbocycles. The first-order valence-electron chi connectivity index (χ1n) is 10.6. The van der Waals surface area contributed by atoms with Crippen LogP contribution in [0.1, 0.15) is 42.9 Å². The van der Waals surface area contributed by atoms with E-state index in [1.54, 1.807) is 7.11 Å². The first kappa shape index (κ1) is 21.6. The lowest BCUT2D eigenvalue weighted by molar-refractivity contribution is 0.199. The number of halogens is 1. The van der Waals surface area contributed by atoms with Gasteiger partial charge in [-0.3, -0.25) is 4.90 Å². The number of rotatable bonds is 6. The summed E-state index contributed by atoms with van der Waals surface area (Å²) in [7, 11) is 1.68. The minimum absolute atomic E-state index is 0.0223. The van der Waals surface area contributed by atoms with Gasteiger partial charge in [-0.05, 0) is 66.6 Å². The maximum atomic E-state index is 6.26. The lowest BCUT2D eigenvalue weighted by Gasteiger charge is -2.40. The molecule has 0 amide bonds. The van der Waals surface area contributed by atoms with E-state index in [0.717, 1.165) is 48.3 Å². The van der Waals surface area contributed by atoms with Crippen molar-refractivity contribution in [2.24, 2.45) is 0 Å². The fourth-order valence-corrected chi connectivity index (χ4v) is 4.37. The van der Waals surface area contributed by atoms with Crippen LogP contribution in [0.25, 0.3) is 0 Å². The van der Waals surface area contributed by atoms with Crippen molar-refractivity contribution in [1.82, 2.24) is 25.1 Å². The molecule has 2 heterocycles. The van der Waals surface area contributed by atoms with Crippen molar-refractivity contribution in [2.45, 2.75) is 32.9 Å². The molecule has 1 fully saturated rings. The SMILES string of the molecule is COc1ccc(C(c2nnnn2C(C)C)N2CCN(c3cc(Cl)ccc3C)CC2)cc1. The first-order valence-corrected chi connectivity index (χ1v) is 11.0. The number of tetrazole rings is 1. The van der Waals surface area contributed by atoms with Gasteiger partial charge in [0.25, 0.3) is 0 Å². The zero-order chi connectivity index (χ0) is 22.0. The van der Waals surface area contributed by atoms with Gasteiger partial charge >= 0.3 is 0 Å². The van der Waals surface area contributed by atoms with E-state index >= 15 is 0 Å². The van der Waals surface area contributed by atoms with Crippen molar-refractivity contribution < 1.29 is 4.74 Å². The van der Waals surface area contributed by atoms with Crippen LogP contribution in [0.2, 0.25) is 5.02 Å². The van der Waals surface area contributed by atoms with Crippen molar-refractivity contribution >= 4 is 17.3 Å². The topological polar surface area (TPSA) is 59.3 Å². The molecule has 0 bridgehead atoms. The first-order chi connectivity index (χ1) is 15.0. The number of aromatic nitrogens is 4. The molecule has 0 radical (unpaired) electrons. The molecule has 4 rings (SSSR count). The van der Waals surface area contributed by atoms with Gasteiger partial charge in [0, 0.05) is 36.9 Å². The number of anilines is 1. The summed E-state index contributed by atoms with van der Waals surface area (Å²) in [4.78, 5) is 4.87. The third-order valence-electron chi connectivity index (χ3n) is 5.87. The van der Waals surface area contributed by atoms with E-state index in [0.29, 0.717) is 0 Å². The number of methoxy groups -OCH3 is 1. The summed E-state index contributed by atoms with van der Waals surface area (Å²) in [6.07, 6.45) is 0. The third kappa shape index (κ3) is 4.52. The normalized spacial score (nSPS) is 16.0. The molecule has 1 aromatic heterocycles. The highest BCUT2D eigenvalue weighted by Crippen LogP contribution is 2.32. The quantitative estimate of drug-likeness (QED) is 0.574. The monoisotopic (exact) mass is 440 g/mol. The summed E-state index contributed by atoms with van der Waals surface area (Å²) in [6, 6.07) is 14.5. The molecule has 0 N–H and O–H groups in total. The largest absolute Gasteiger partial charge is 0.497 e. The summed E-state index contributed by atoms with van der Waals surface area (Å²) < 4.78 is 7.27. The number of benzene rings is 2. The Labute approximate surface area is 188 Å². The Balaban J connectivity index is 1.62. The molecule has 8 heteroatoms. The number of aryl methyl sites for hydroxylation is 1. The smallest absolute Gasteiger partial charge is 0.173 e. The molecule has 1 atom stereocenters. The fraction of sp³-hybridized carbons (Fsp3) is 0.435. The summed E-state index contributed by atoms with van der Waals surface area (Å²) in [5.41, 5.74) is 3.61. The summed E-state index contributed by atoms with van der Waals surface area (Å²) in [5, 5.41) is 13.4. The van der Waals surface area contributed by atoms with Crippen molar-refractivity contribution in [3.05, 3.63) is 64.4 Å². The molecular formula is C23H29ClN6O. The zero-order valence-electron chi connectivity index (χ0n) is 18.5. The van der Waals surface area contributed by atoms with Crippen molar-refractivity contribution in [1.29, 1.82) is 0 Å². The van der Waals surface area contributed by atoms with Gasteiger partial charge in [0.15, 0.2) is 5.82 Å². The number of hydrogen-bond acceptors (Lipinski definition) is 6. The summed E-state index contributed by atoms with van der Waals surface area (Å²) in [5.74, 6) is 1.71. The van der Waals surface area contributed by atoms with Crippen LogP contribution in [0.4, 0.5) is 5.69 Å². The van der Waals surface area contributed by atoms with Crippen molar-refractivity contribution in [2.75, 3.05) is 38.2 Å². The molecule has 7 nitrogen and oxygen atoms in total. The van der Waals surface area contributed by atoms with E-state index in [4.69, 9.17) is 16.3 Å². The van der Waals surface area contributed by atoms with Crippen LogP contribution in [0, 0.1) is 6.92 Å². The average Bonchev–Trinajstić information content (AvgIpc) is 3.26. The highest BCUT2D eigenvalue weighted by atomic mass is 35.5. The maximum absolute atomic E-state index is 6.26. The minimum atomic E-state index is -0.0223. The second-order valence-electron chi connectivity index (χ2n) is 8.20. The van der Waals surface area contributed by atoms with E-state index in [9.17, 15) is 0 Å². The highest BCUT2D eigenvalue weighted by molar-refractivity contribution is 6.30. The number of ether oxygens (including phenoxy) is 1. The van der Waals surface area contributed by atoms with Gasteiger partial charge < -0.3 is 9.64 Å². The molecule has 164 valence electrons. The highest BCUT2D eigenvalue weighted by Gasteiger charge is 2.31. The van der Waals surface area contributed by atoms with Gasteiger partial charge in [-0.15, -0.1) is 5.10 Å². The van der Waals surface area contributed by atoms with Crippen molar-refractivity contribution in [3.8, 4) is 5.75 Å². The van der Waals surface area contributed by atoms with Gasteiger partial charge in [-0.2, -0.15) is 0 Å². The van der Waals surface area contributed by atoms with Gasteiger partial charge in [0.2, 0.25) is 0 Å². The summed E-state index contributed by atoms with van der Waals surface area (Å²) in [6.45, 7) is 9.96. The maximum Gasteiger partial charge on any atom is 0.173 e. The molecule has 2 aromatic carbocycles. The lowest BCUT2D eigenvalue weighted by atomic mass is 10.0. The second kappa shape index (κ2) is 9.24. The Kier molecular flexibility index (Phi) is 6.43. The molecule has 1 unspecified atom stereocenters. The third-order valence-corrected chi connectivity index (χ3v) is 6.11. The van der Waals surface area contributed by atoms with Crippen molar-refractivity contribution in [3.63, 3.8) is 0 Å². The second-order valence-corrected chi connectivity index (χ2v) is 8.64. The fourth-order valence-electron chi connectivity index (χ4n) is 4.20. The zero-order valence-corrected chi connectivity index (χ0v) is 19.3. The van der Waals surface area contributed by atoms with E-state index in [1.165, 1.54) is 11.3 Å². The Morgan fingerprint density at radius 1 is 1.00 bits per heavy atom. The predicted octanol–water partition coefficient (Wildman–Crippen LogP) is 4.14. The van der Waals surface area contributed by atoms with Crippen LogP contribution in [-0.2, 0) is 0 Å². The Morgan fingerprint density at radius 3 is 2.35 bits per heavy atom. The van der Waals surface area contributed by atoms with Gasteiger partial charge in [-0.25, -0.2) is 4.68 Å².